The SMILES string of the molecule is COC[C@@H]1[C@H](NC(=O)c2cc(CC(C)C)[nH]c(=O)n2)[C@H]2CCO[C@H]21. The molecule has 1 saturated carbocycles. The normalized spacial score (nSPS) is 28.5. The number of carbonyl (C=O) groups excluding carboxylic acids is 1. The third-order valence-electron chi connectivity index (χ3n) is 4.85. The summed E-state index contributed by atoms with van der Waals surface area (Å²) in [5.74, 6) is 0.561. The molecule has 0 spiro atoms. The van der Waals surface area contributed by atoms with E-state index in [4.69, 9.17) is 9.47 Å². The second kappa shape index (κ2) is 7.03. The van der Waals surface area contributed by atoms with Crippen LogP contribution in [0.25, 0.3) is 0 Å². The van der Waals surface area contributed by atoms with Crippen LogP contribution in [0, 0.1) is 17.8 Å². The summed E-state index contributed by atoms with van der Waals surface area (Å²) in [7, 11) is 1.65. The first-order valence-corrected chi connectivity index (χ1v) is 8.51. The average molecular weight is 335 g/mol. The topological polar surface area (TPSA) is 93.3 Å². The maximum atomic E-state index is 12.6. The fraction of sp³-hybridized carbons (Fsp3) is 0.706. The lowest BCUT2D eigenvalue weighted by molar-refractivity contribution is -0.0810. The van der Waals surface area contributed by atoms with Crippen LogP contribution in [-0.4, -0.2) is 48.3 Å². The van der Waals surface area contributed by atoms with Crippen LogP contribution in [0.1, 0.15) is 36.5 Å². The Hall–Kier alpha value is -1.73. The van der Waals surface area contributed by atoms with Crippen molar-refractivity contribution in [3.63, 3.8) is 0 Å². The zero-order chi connectivity index (χ0) is 17.3. The number of fused-ring (bicyclic) bond motifs is 1. The number of H-pyrrole nitrogens is 1. The number of hydrogen-bond donors (Lipinski definition) is 2. The van der Waals surface area contributed by atoms with Gasteiger partial charge in [-0.05, 0) is 24.8 Å². The molecule has 4 atom stereocenters. The molecule has 2 heterocycles. The van der Waals surface area contributed by atoms with Crippen molar-refractivity contribution in [3.05, 3.63) is 27.9 Å². The molecule has 1 amide bonds. The molecule has 1 aliphatic heterocycles. The predicted molar refractivity (Wildman–Crippen MR) is 87.9 cm³/mol. The minimum absolute atomic E-state index is 0.0135. The zero-order valence-electron chi connectivity index (χ0n) is 14.4. The molecule has 2 N–H and O–H groups in total. The molecule has 1 aromatic heterocycles. The number of amides is 1. The minimum atomic E-state index is -0.484. The number of aromatic amines is 1. The first kappa shape index (κ1) is 17.1. The van der Waals surface area contributed by atoms with Gasteiger partial charge in [-0.3, -0.25) is 4.79 Å². The van der Waals surface area contributed by atoms with E-state index in [1.165, 1.54) is 0 Å². The number of rotatable bonds is 6. The van der Waals surface area contributed by atoms with Crippen molar-refractivity contribution < 1.29 is 14.3 Å². The molecular formula is C17H25N3O4. The van der Waals surface area contributed by atoms with Crippen LogP contribution >= 0.6 is 0 Å². The van der Waals surface area contributed by atoms with Crippen LogP contribution in [0.4, 0.5) is 0 Å². The Balaban J connectivity index is 1.72. The van der Waals surface area contributed by atoms with Gasteiger partial charge in [0.1, 0.15) is 5.69 Å². The Morgan fingerprint density at radius 3 is 3.04 bits per heavy atom. The number of methoxy groups -OCH3 is 1. The summed E-state index contributed by atoms with van der Waals surface area (Å²) >= 11 is 0. The first-order chi connectivity index (χ1) is 11.5. The highest BCUT2D eigenvalue weighted by Crippen LogP contribution is 2.43. The molecule has 0 unspecified atom stereocenters. The van der Waals surface area contributed by atoms with E-state index in [1.807, 2.05) is 0 Å². The van der Waals surface area contributed by atoms with Gasteiger partial charge in [-0.15, -0.1) is 0 Å². The fourth-order valence-electron chi connectivity index (χ4n) is 3.83. The van der Waals surface area contributed by atoms with Crippen LogP contribution in [0.5, 0.6) is 0 Å². The lowest BCUT2D eigenvalue weighted by atomic mass is 9.67. The third-order valence-corrected chi connectivity index (χ3v) is 4.85. The van der Waals surface area contributed by atoms with Gasteiger partial charge in [0.15, 0.2) is 0 Å². The number of nitrogens with one attached hydrogen (secondary N) is 2. The van der Waals surface area contributed by atoms with E-state index < -0.39 is 5.69 Å². The van der Waals surface area contributed by atoms with Crippen molar-refractivity contribution in [2.45, 2.75) is 38.8 Å². The molecule has 1 saturated heterocycles. The van der Waals surface area contributed by atoms with Gasteiger partial charge in [-0.1, -0.05) is 13.8 Å². The Morgan fingerprint density at radius 1 is 1.54 bits per heavy atom. The predicted octanol–water partition coefficient (Wildman–Crippen LogP) is 0.748. The molecule has 0 radical (unpaired) electrons. The summed E-state index contributed by atoms with van der Waals surface area (Å²) in [6.07, 6.45) is 1.81. The molecule has 7 nitrogen and oxygen atoms in total. The van der Waals surface area contributed by atoms with E-state index in [1.54, 1.807) is 13.2 Å². The van der Waals surface area contributed by atoms with E-state index in [0.29, 0.717) is 24.9 Å². The van der Waals surface area contributed by atoms with Crippen molar-refractivity contribution in [1.29, 1.82) is 0 Å². The van der Waals surface area contributed by atoms with E-state index in [0.717, 1.165) is 18.7 Å². The molecule has 0 aromatic carbocycles. The van der Waals surface area contributed by atoms with Crippen molar-refractivity contribution in [2.24, 2.45) is 17.8 Å². The molecule has 0 bridgehead atoms. The maximum Gasteiger partial charge on any atom is 0.345 e. The lowest BCUT2D eigenvalue weighted by Gasteiger charge is -2.47. The molecule has 1 aliphatic carbocycles. The Bertz CT molecular complexity index is 657. The highest BCUT2D eigenvalue weighted by atomic mass is 16.5. The fourth-order valence-corrected chi connectivity index (χ4v) is 3.83. The molecule has 132 valence electrons. The maximum absolute atomic E-state index is 12.6. The molecule has 1 aromatic rings. The van der Waals surface area contributed by atoms with Crippen molar-refractivity contribution in [1.82, 2.24) is 15.3 Å². The summed E-state index contributed by atoms with van der Waals surface area (Å²) in [5.41, 5.74) is 0.426. The minimum Gasteiger partial charge on any atom is -0.384 e. The van der Waals surface area contributed by atoms with Gasteiger partial charge in [0, 0.05) is 37.3 Å². The van der Waals surface area contributed by atoms with Crippen LogP contribution in [0.3, 0.4) is 0 Å². The third kappa shape index (κ3) is 3.37. The van der Waals surface area contributed by atoms with E-state index in [2.05, 4.69) is 29.1 Å². The van der Waals surface area contributed by atoms with Gasteiger partial charge in [0.2, 0.25) is 0 Å². The summed E-state index contributed by atoms with van der Waals surface area (Å²) in [6.45, 7) is 5.39. The summed E-state index contributed by atoms with van der Waals surface area (Å²) in [4.78, 5) is 30.8. The quantitative estimate of drug-likeness (QED) is 0.800. The highest BCUT2D eigenvalue weighted by Gasteiger charge is 2.54. The molecule has 3 rings (SSSR count). The molecule has 24 heavy (non-hydrogen) atoms. The molecule has 7 heteroatoms. The Kier molecular flexibility index (Phi) is 5.01. The second-order valence-corrected chi connectivity index (χ2v) is 7.10. The van der Waals surface area contributed by atoms with Gasteiger partial charge in [0.05, 0.1) is 12.7 Å². The van der Waals surface area contributed by atoms with Gasteiger partial charge in [-0.2, -0.15) is 4.98 Å². The Labute approximate surface area is 141 Å². The van der Waals surface area contributed by atoms with Crippen molar-refractivity contribution in [2.75, 3.05) is 20.3 Å². The van der Waals surface area contributed by atoms with Crippen molar-refractivity contribution >= 4 is 5.91 Å². The highest BCUT2D eigenvalue weighted by molar-refractivity contribution is 5.92. The smallest absolute Gasteiger partial charge is 0.345 e. The van der Waals surface area contributed by atoms with E-state index in [9.17, 15) is 9.59 Å². The van der Waals surface area contributed by atoms with Crippen molar-refractivity contribution in [3.8, 4) is 0 Å². The summed E-state index contributed by atoms with van der Waals surface area (Å²) < 4.78 is 11.0. The first-order valence-electron chi connectivity index (χ1n) is 8.51. The standard InChI is InChI=1S/C17H25N3O4/c1-9(2)6-10-7-13(19-17(22)18-10)16(21)20-14-11-4-5-24-15(11)12(14)8-23-3/h7,9,11-12,14-15H,4-6,8H2,1-3H3,(H,20,21)(H,18,19,22)/t11-,12-,14-,15-/m1/s1. The molecular weight excluding hydrogens is 310 g/mol. The number of hydrogen-bond acceptors (Lipinski definition) is 5. The zero-order valence-corrected chi connectivity index (χ0v) is 14.4. The van der Waals surface area contributed by atoms with Gasteiger partial charge in [0.25, 0.3) is 5.91 Å². The van der Waals surface area contributed by atoms with Gasteiger partial charge in [-0.25, -0.2) is 4.79 Å². The molecule has 2 fully saturated rings. The summed E-state index contributed by atoms with van der Waals surface area (Å²) in [5, 5.41) is 3.03. The number of nitrogens with zero attached hydrogens (tertiary/aromatic N) is 1. The average Bonchev–Trinajstić information content (AvgIpc) is 2.93. The van der Waals surface area contributed by atoms with Crippen LogP contribution < -0.4 is 11.0 Å². The second-order valence-electron chi connectivity index (χ2n) is 7.10. The Morgan fingerprint density at radius 2 is 2.33 bits per heavy atom. The lowest BCUT2D eigenvalue weighted by Crippen LogP contribution is -2.62. The largest absolute Gasteiger partial charge is 0.384 e. The van der Waals surface area contributed by atoms with Gasteiger partial charge < -0.3 is 19.8 Å². The van der Waals surface area contributed by atoms with E-state index in [-0.39, 0.29) is 29.7 Å². The van der Waals surface area contributed by atoms with Crippen LogP contribution in [0.2, 0.25) is 0 Å². The van der Waals surface area contributed by atoms with Crippen LogP contribution in [0.15, 0.2) is 10.9 Å². The van der Waals surface area contributed by atoms with Gasteiger partial charge >= 0.3 is 5.69 Å². The molecule has 2 aliphatic rings. The number of ether oxygens (including phenoxy) is 2. The van der Waals surface area contributed by atoms with E-state index >= 15 is 0 Å². The van der Waals surface area contributed by atoms with Crippen LogP contribution in [-0.2, 0) is 15.9 Å². The number of carbonyl (C=O) groups is 1. The summed E-state index contributed by atoms with van der Waals surface area (Å²) in [6, 6.07) is 1.68. The monoisotopic (exact) mass is 335 g/mol. The number of aromatic nitrogens is 2.